The summed E-state index contributed by atoms with van der Waals surface area (Å²) in [7, 11) is 0. The van der Waals surface area contributed by atoms with Crippen LogP contribution >= 0.6 is 0 Å². The lowest BCUT2D eigenvalue weighted by Gasteiger charge is -2.11. The van der Waals surface area contributed by atoms with Gasteiger partial charge in [-0.25, -0.2) is 0 Å². The standard InChI is InChI=1S/C16H21NO2/c1-4-6-11(2)16-12(3)13(16)7-5-10-17-14(18)8-9-15(17)19/h7-9,12H,4-6,10H2,1-3H3/b13-7?,16-11-. The van der Waals surface area contributed by atoms with E-state index >= 15 is 0 Å². The van der Waals surface area contributed by atoms with E-state index in [1.165, 1.54) is 40.2 Å². The van der Waals surface area contributed by atoms with Gasteiger partial charge in [0.2, 0.25) is 0 Å². The third-order valence-electron chi connectivity index (χ3n) is 3.83. The Morgan fingerprint density at radius 1 is 1.32 bits per heavy atom. The normalized spacial score (nSPS) is 26.6. The zero-order valence-electron chi connectivity index (χ0n) is 11.9. The van der Waals surface area contributed by atoms with E-state index in [0.717, 1.165) is 12.8 Å². The molecule has 102 valence electrons. The first-order chi connectivity index (χ1) is 9.06. The van der Waals surface area contributed by atoms with Crippen LogP contribution in [0.5, 0.6) is 0 Å². The summed E-state index contributed by atoms with van der Waals surface area (Å²) in [5.41, 5.74) is 4.37. The summed E-state index contributed by atoms with van der Waals surface area (Å²) >= 11 is 0. The first-order valence-electron chi connectivity index (χ1n) is 6.99. The molecular weight excluding hydrogens is 238 g/mol. The van der Waals surface area contributed by atoms with Gasteiger partial charge in [0.25, 0.3) is 11.8 Å². The van der Waals surface area contributed by atoms with Gasteiger partial charge in [-0.05, 0) is 30.9 Å². The maximum Gasteiger partial charge on any atom is 0.253 e. The molecule has 1 atom stereocenters. The van der Waals surface area contributed by atoms with Gasteiger partial charge in [0.05, 0.1) is 0 Å². The lowest BCUT2D eigenvalue weighted by molar-refractivity contribution is -0.136. The molecular formula is C16H21NO2. The smallest absolute Gasteiger partial charge is 0.253 e. The lowest BCUT2D eigenvalue weighted by atomic mass is 10.1. The molecule has 1 aliphatic heterocycles. The molecule has 1 aliphatic carbocycles. The Balaban J connectivity index is 1.90. The molecule has 1 saturated carbocycles. The van der Waals surface area contributed by atoms with Gasteiger partial charge in [-0.2, -0.15) is 0 Å². The second-order valence-corrected chi connectivity index (χ2v) is 5.28. The number of amides is 2. The number of rotatable bonds is 5. The second-order valence-electron chi connectivity index (χ2n) is 5.28. The number of hydrogen-bond acceptors (Lipinski definition) is 2. The fraction of sp³-hybridized carbons (Fsp3) is 0.500. The van der Waals surface area contributed by atoms with E-state index in [1.807, 2.05) is 0 Å². The molecule has 0 aromatic carbocycles. The quantitative estimate of drug-likeness (QED) is 0.712. The van der Waals surface area contributed by atoms with E-state index in [0.29, 0.717) is 12.5 Å². The summed E-state index contributed by atoms with van der Waals surface area (Å²) in [6.07, 6.45) is 7.94. The molecule has 0 aromatic heterocycles. The monoisotopic (exact) mass is 259 g/mol. The number of hydrogen-bond donors (Lipinski definition) is 0. The molecule has 1 unspecified atom stereocenters. The number of nitrogens with zero attached hydrogens (tertiary/aromatic N) is 1. The van der Waals surface area contributed by atoms with Gasteiger partial charge < -0.3 is 0 Å². The SMILES string of the molecule is CCC/C(C)=C1\C(=CCCN2C(=O)C=CC2=O)C1C. The number of allylic oxidation sites excluding steroid dienone is 3. The summed E-state index contributed by atoms with van der Waals surface area (Å²) in [6.45, 7) is 7.10. The van der Waals surface area contributed by atoms with Crippen molar-refractivity contribution in [2.24, 2.45) is 5.92 Å². The maximum absolute atomic E-state index is 11.4. The maximum atomic E-state index is 11.4. The zero-order chi connectivity index (χ0) is 14.0. The fourth-order valence-corrected chi connectivity index (χ4v) is 2.77. The third kappa shape index (κ3) is 2.86. The van der Waals surface area contributed by atoms with Gasteiger partial charge >= 0.3 is 0 Å². The van der Waals surface area contributed by atoms with E-state index in [-0.39, 0.29) is 11.8 Å². The first-order valence-corrected chi connectivity index (χ1v) is 6.99. The molecule has 3 heteroatoms. The molecule has 0 radical (unpaired) electrons. The Morgan fingerprint density at radius 2 is 1.95 bits per heavy atom. The number of carbonyl (C=O) groups excluding carboxylic acids is 2. The molecule has 3 nitrogen and oxygen atoms in total. The summed E-state index contributed by atoms with van der Waals surface area (Å²) in [4.78, 5) is 24.1. The van der Waals surface area contributed by atoms with Crippen molar-refractivity contribution in [3.63, 3.8) is 0 Å². The van der Waals surface area contributed by atoms with E-state index < -0.39 is 0 Å². The van der Waals surface area contributed by atoms with Crippen LogP contribution in [-0.4, -0.2) is 23.3 Å². The molecule has 2 amide bonds. The van der Waals surface area contributed by atoms with Crippen LogP contribution in [0.1, 0.15) is 40.0 Å². The molecule has 2 aliphatic rings. The predicted octanol–water partition coefficient (Wildman–Crippen LogP) is 2.99. The van der Waals surface area contributed by atoms with Gasteiger partial charge in [-0.1, -0.05) is 31.9 Å². The second kappa shape index (κ2) is 5.55. The zero-order valence-corrected chi connectivity index (χ0v) is 11.9. The fourth-order valence-electron chi connectivity index (χ4n) is 2.77. The average Bonchev–Trinajstić information content (AvgIpc) is 2.90. The Bertz CT molecular complexity index is 479. The number of carbonyl (C=O) groups is 2. The van der Waals surface area contributed by atoms with Crippen molar-refractivity contribution in [3.8, 4) is 0 Å². The molecule has 0 aromatic rings. The van der Waals surface area contributed by atoms with Crippen LogP contribution in [-0.2, 0) is 9.59 Å². The highest BCUT2D eigenvalue weighted by Crippen LogP contribution is 2.47. The molecule has 1 fully saturated rings. The van der Waals surface area contributed by atoms with Crippen molar-refractivity contribution in [2.75, 3.05) is 6.54 Å². The van der Waals surface area contributed by atoms with Crippen molar-refractivity contribution < 1.29 is 9.59 Å². The minimum Gasteiger partial charge on any atom is -0.275 e. The summed E-state index contributed by atoms with van der Waals surface area (Å²) in [5.74, 6) is 0.185. The third-order valence-corrected chi connectivity index (χ3v) is 3.83. The topological polar surface area (TPSA) is 37.4 Å². The highest BCUT2D eigenvalue weighted by atomic mass is 16.2. The Hall–Kier alpha value is -1.64. The molecule has 0 bridgehead atoms. The lowest BCUT2D eigenvalue weighted by Crippen LogP contribution is -2.30. The summed E-state index contributed by atoms with van der Waals surface area (Å²) in [5, 5.41) is 0. The van der Waals surface area contributed by atoms with Crippen LogP contribution in [0.25, 0.3) is 0 Å². The van der Waals surface area contributed by atoms with Crippen molar-refractivity contribution in [2.45, 2.75) is 40.0 Å². The highest BCUT2D eigenvalue weighted by Gasteiger charge is 2.33. The van der Waals surface area contributed by atoms with Gasteiger partial charge in [-0.15, -0.1) is 0 Å². The van der Waals surface area contributed by atoms with Gasteiger partial charge in [0, 0.05) is 24.6 Å². The van der Waals surface area contributed by atoms with Crippen LogP contribution in [0.4, 0.5) is 0 Å². The summed E-state index contributed by atoms with van der Waals surface area (Å²) in [6, 6.07) is 0. The highest BCUT2D eigenvalue weighted by molar-refractivity contribution is 6.12. The van der Waals surface area contributed by atoms with Crippen LogP contribution in [0.15, 0.2) is 34.9 Å². The van der Waals surface area contributed by atoms with E-state index in [4.69, 9.17) is 0 Å². The van der Waals surface area contributed by atoms with Crippen molar-refractivity contribution >= 4 is 11.8 Å². The van der Waals surface area contributed by atoms with E-state index in [2.05, 4.69) is 26.8 Å². The van der Waals surface area contributed by atoms with Crippen molar-refractivity contribution in [1.29, 1.82) is 0 Å². The molecule has 0 N–H and O–H groups in total. The van der Waals surface area contributed by atoms with Crippen LogP contribution in [0, 0.1) is 5.92 Å². The largest absolute Gasteiger partial charge is 0.275 e. The minimum absolute atomic E-state index is 0.190. The van der Waals surface area contributed by atoms with E-state index in [1.54, 1.807) is 0 Å². The van der Waals surface area contributed by atoms with Crippen molar-refractivity contribution in [1.82, 2.24) is 4.90 Å². The minimum atomic E-state index is -0.190. The Morgan fingerprint density at radius 3 is 2.53 bits per heavy atom. The Labute approximate surface area is 114 Å². The van der Waals surface area contributed by atoms with Crippen LogP contribution in [0.3, 0.4) is 0 Å². The van der Waals surface area contributed by atoms with Crippen molar-refractivity contribution in [3.05, 3.63) is 34.9 Å². The Kier molecular flexibility index (Phi) is 4.03. The molecule has 0 spiro atoms. The van der Waals surface area contributed by atoms with Crippen LogP contribution in [0.2, 0.25) is 0 Å². The molecule has 0 saturated heterocycles. The van der Waals surface area contributed by atoms with Gasteiger partial charge in [0.1, 0.15) is 0 Å². The predicted molar refractivity (Wildman–Crippen MR) is 75.3 cm³/mol. The van der Waals surface area contributed by atoms with E-state index in [9.17, 15) is 9.59 Å². The molecule has 2 rings (SSSR count). The average molecular weight is 259 g/mol. The van der Waals surface area contributed by atoms with Crippen LogP contribution < -0.4 is 0 Å². The first kappa shape index (κ1) is 13.8. The van der Waals surface area contributed by atoms with Gasteiger partial charge in [0.15, 0.2) is 0 Å². The summed E-state index contributed by atoms with van der Waals surface area (Å²) < 4.78 is 0. The van der Waals surface area contributed by atoms with Gasteiger partial charge in [-0.3, -0.25) is 14.5 Å². The molecule has 1 heterocycles. The molecule has 19 heavy (non-hydrogen) atoms. The number of imide groups is 1.